The third-order valence-electron chi connectivity index (χ3n) is 2.03. The van der Waals surface area contributed by atoms with Crippen LogP contribution in [0.1, 0.15) is 18.4 Å². The number of hydrogen-bond acceptors (Lipinski definition) is 4. The molecule has 0 saturated heterocycles. The molecule has 0 radical (unpaired) electrons. The summed E-state index contributed by atoms with van der Waals surface area (Å²) in [5, 5.41) is 3.98. The number of oxazole rings is 1. The first-order valence-electron chi connectivity index (χ1n) is 5.07. The molecule has 84 valence electrons. The second-order valence-corrected chi connectivity index (χ2v) is 4.37. The van der Waals surface area contributed by atoms with Crippen LogP contribution in [-0.2, 0) is 0 Å². The maximum atomic E-state index is 5.46. The molecule has 0 atom stereocenters. The minimum atomic E-state index is 0.739. The molecule has 0 unspecified atom stereocenters. The van der Waals surface area contributed by atoms with Crippen molar-refractivity contribution in [3.8, 4) is 0 Å². The van der Waals surface area contributed by atoms with Crippen molar-refractivity contribution in [2.24, 2.45) is 0 Å². The van der Waals surface area contributed by atoms with Crippen LogP contribution in [0.2, 0.25) is 0 Å². The minimum Gasteiger partial charge on any atom is -0.437 e. The zero-order valence-electron chi connectivity index (χ0n) is 9.59. The smallest absolute Gasteiger partial charge is 0.256 e. The normalized spacial score (nSPS) is 10.6. The first-order valence-corrected chi connectivity index (χ1v) is 6.06. The summed E-state index contributed by atoms with van der Waals surface area (Å²) in [6.45, 7) is 11.8. The third-order valence-corrected chi connectivity index (χ3v) is 3.01. The van der Waals surface area contributed by atoms with E-state index >= 15 is 0 Å². The number of rotatable bonds is 6. The fourth-order valence-corrected chi connectivity index (χ4v) is 1.84. The fourth-order valence-electron chi connectivity index (χ4n) is 1.02. The SMILES string of the molecule is C=C(CNCC)CSc1nc(C)c(C)o1. The van der Waals surface area contributed by atoms with E-state index in [1.807, 2.05) is 13.8 Å². The van der Waals surface area contributed by atoms with Crippen molar-refractivity contribution in [2.75, 3.05) is 18.8 Å². The molecule has 0 aliphatic rings. The molecule has 1 heterocycles. The summed E-state index contributed by atoms with van der Waals surface area (Å²) in [7, 11) is 0. The van der Waals surface area contributed by atoms with E-state index < -0.39 is 0 Å². The van der Waals surface area contributed by atoms with Crippen LogP contribution in [0.4, 0.5) is 0 Å². The highest BCUT2D eigenvalue weighted by molar-refractivity contribution is 7.99. The topological polar surface area (TPSA) is 38.1 Å². The van der Waals surface area contributed by atoms with E-state index in [-0.39, 0.29) is 0 Å². The Morgan fingerprint density at radius 1 is 1.53 bits per heavy atom. The quantitative estimate of drug-likeness (QED) is 0.597. The monoisotopic (exact) mass is 226 g/mol. The van der Waals surface area contributed by atoms with Gasteiger partial charge >= 0.3 is 0 Å². The van der Waals surface area contributed by atoms with Crippen LogP contribution in [0.3, 0.4) is 0 Å². The lowest BCUT2D eigenvalue weighted by Gasteiger charge is -2.03. The highest BCUT2D eigenvalue weighted by Gasteiger charge is 2.06. The summed E-state index contributed by atoms with van der Waals surface area (Å²) in [6.07, 6.45) is 0. The summed E-state index contributed by atoms with van der Waals surface area (Å²) in [5.74, 6) is 1.75. The fraction of sp³-hybridized carbons (Fsp3) is 0.545. The van der Waals surface area contributed by atoms with Crippen molar-refractivity contribution in [3.05, 3.63) is 23.6 Å². The predicted molar refractivity (Wildman–Crippen MR) is 64.4 cm³/mol. The van der Waals surface area contributed by atoms with Gasteiger partial charge in [-0.15, -0.1) is 0 Å². The van der Waals surface area contributed by atoms with E-state index in [0.29, 0.717) is 0 Å². The van der Waals surface area contributed by atoms with Crippen LogP contribution in [0, 0.1) is 13.8 Å². The zero-order chi connectivity index (χ0) is 11.3. The van der Waals surface area contributed by atoms with Gasteiger partial charge in [-0.2, -0.15) is 0 Å². The number of likely N-dealkylation sites (N-methyl/N-ethyl adjacent to an activating group) is 1. The van der Waals surface area contributed by atoms with E-state index in [1.54, 1.807) is 11.8 Å². The van der Waals surface area contributed by atoms with Gasteiger partial charge in [0, 0.05) is 12.3 Å². The Kier molecular flexibility index (Phi) is 4.91. The van der Waals surface area contributed by atoms with Crippen LogP contribution < -0.4 is 5.32 Å². The molecule has 15 heavy (non-hydrogen) atoms. The van der Waals surface area contributed by atoms with Crippen LogP contribution >= 0.6 is 11.8 Å². The van der Waals surface area contributed by atoms with Crippen molar-refractivity contribution in [1.82, 2.24) is 10.3 Å². The number of nitrogens with zero attached hydrogens (tertiary/aromatic N) is 1. The molecule has 0 aromatic carbocycles. The van der Waals surface area contributed by atoms with Crippen molar-refractivity contribution < 1.29 is 4.42 Å². The highest BCUT2D eigenvalue weighted by atomic mass is 32.2. The lowest BCUT2D eigenvalue weighted by Crippen LogP contribution is -2.16. The molecule has 1 N–H and O–H groups in total. The van der Waals surface area contributed by atoms with Gasteiger partial charge in [0.2, 0.25) is 0 Å². The zero-order valence-corrected chi connectivity index (χ0v) is 10.4. The van der Waals surface area contributed by atoms with Gasteiger partial charge in [-0.3, -0.25) is 0 Å². The molecule has 3 nitrogen and oxygen atoms in total. The third kappa shape index (κ3) is 4.10. The standard InChI is InChI=1S/C11H18N2OS/c1-5-12-6-8(2)7-15-11-13-9(3)10(4)14-11/h12H,2,5-7H2,1,3-4H3. The number of aryl methyl sites for hydroxylation is 2. The Hall–Kier alpha value is -0.740. The van der Waals surface area contributed by atoms with Crippen molar-refractivity contribution in [2.45, 2.75) is 26.0 Å². The second kappa shape index (κ2) is 5.98. The molecule has 4 heteroatoms. The van der Waals surface area contributed by atoms with E-state index in [4.69, 9.17) is 4.42 Å². The highest BCUT2D eigenvalue weighted by Crippen LogP contribution is 2.21. The van der Waals surface area contributed by atoms with E-state index in [2.05, 4.69) is 23.8 Å². The molecular formula is C11H18N2OS. The lowest BCUT2D eigenvalue weighted by molar-refractivity contribution is 0.431. The van der Waals surface area contributed by atoms with E-state index in [9.17, 15) is 0 Å². The van der Waals surface area contributed by atoms with E-state index in [1.165, 1.54) is 0 Å². The van der Waals surface area contributed by atoms with Crippen molar-refractivity contribution in [1.29, 1.82) is 0 Å². The van der Waals surface area contributed by atoms with Gasteiger partial charge in [0.25, 0.3) is 5.22 Å². The van der Waals surface area contributed by atoms with Gasteiger partial charge in [0.05, 0.1) is 5.69 Å². The number of thioether (sulfide) groups is 1. The summed E-state index contributed by atoms with van der Waals surface area (Å²) in [5.41, 5.74) is 2.13. The second-order valence-electron chi connectivity index (χ2n) is 3.44. The average molecular weight is 226 g/mol. The average Bonchev–Trinajstić information content (AvgIpc) is 2.52. The first kappa shape index (κ1) is 12.3. The van der Waals surface area contributed by atoms with Crippen molar-refractivity contribution >= 4 is 11.8 Å². The van der Waals surface area contributed by atoms with Crippen LogP contribution in [-0.4, -0.2) is 23.8 Å². The molecule has 1 aromatic rings. The van der Waals surface area contributed by atoms with E-state index in [0.717, 1.165) is 41.1 Å². The van der Waals surface area contributed by atoms with Crippen LogP contribution in [0.15, 0.2) is 21.8 Å². The Labute approximate surface area is 95.3 Å². The molecule has 0 amide bonds. The molecule has 0 aliphatic heterocycles. The van der Waals surface area contributed by atoms with Gasteiger partial charge in [0.15, 0.2) is 0 Å². The summed E-state index contributed by atoms with van der Waals surface area (Å²) >= 11 is 1.60. The molecule has 0 saturated carbocycles. The lowest BCUT2D eigenvalue weighted by atomic mass is 10.3. The number of hydrogen-bond donors (Lipinski definition) is 1. The molecule has 0 bridgehead atoms. The summed E-state index contributed by atoms with van der Waals surface area (Å²) in [6, 6.07) is 0. The van der Waals surface area contributed by atoms with Crippen LogP contribution in [0.5, 0.6) is 0 Å². The Morgan fingerprint density at radius 3 is 2.80 bits per heavy atom. The van der Waals surface area contributed by atoms with Gasteiger partial charge in [-0.05, 0) is 20.4 Å². The van der Waals surface area contributed by atoms with Crippen LogP contribution in [0.25, 0.3) is 0 Å². The van der Waals surface area contributed by atoms with Crippen molar-refractivity contribution in [3.63, 3.8) is 0 Å². The summed E-state index contributed by atoms with van der Waals surface area (Å²) < 4.78 is 5.46. The Morgan fingerprint density at radius 2 is 2.27 bits per heavy atom. The number of nitrogens with one attached hydrogen (secondary N) is 1. The molecule has 1 aromatic heterocycles. The van der Waals surface area contributed by atoms with Gasteiger partial charge in [-0.25, -0.2) is 4.98 Å². The molecule has 0 aliphatic carbocycles. The molecular weight excluding hydrogens is 208 g/mol. The summed E-state index contributed by atoms with van der Waals surface area (Å²) in [4.78, 5) is 4.30. The maximum Gasteiger partial charge on any atom is 0.256 e. The maximum absolute atomic E-state index is 5.46. The number of aromatic nitrogens is 1. The first-order chi connectivity index (χ1) is 7.13. The Bertz CT molecular complexity index is 314. The molecule has 1 rings (SSSR count). The predicted octanol–water partition coefficient (Wildman–Crippen LogP) is 2.55. The largest absolute Gasteiger partial charge is 0.437 e. The molecule has 0 spiro atoms. The molecule has 0 fully saturated rings. The van der Waals surface area contributed by atoms with Gasteiger partial charge in [0.1, 0.15) is 5.76 Å². The van der Waals surface area contributed by atoms with Gasteiger partial charge < -0.3 is 9.73 Å². The minimum absolute atomic E-state index is 0.739. The Balaban J connectivity index is 2.33. The van der Waals surface area contributed by atoms with Gasteiger partial charge in [-0.1, -0.05) is 30.8 Å².